The van der Waals surface area contributed by atoms with Gasteiger partial charge in [0.25, 0.3) is 0 Å². The van der Waals surface area contributed by atoms with Gasteiger partial charge in [-0.15, -0.1) is 0 Å². The highest BCUT2D eigenvalue weighted by Gasteiger charge is 2.40. The molecule has 1 aliphatic heterocycles. The molecule has 20 heavy (non-hydrogen) atoms. The maximum atomic E-state index is 12.4. The average molecular weight is 284 g/mol. The Bertz CT molecular complexity index is 358. The van der Waals surface area contributed by atoms with Crippen LogP contribution in [0.5, 0.6) is 0 Å². The summed E-state index contributed by atoms with van der Waals surface area (Å²) < 4.78 is 5.52. The zero-order valence-electron chi connectivity index (χ0n) is 11.8. The molecular formula is C14H24N2O4. The second-order valence-electron chi connectivity index (χ2n) is 5.87. The smallest absolute Gasteiger partial charge is 0.305 e. The van der Waals surface area contributed by atoms with Crippen LogP contribution < -0.4 is 5.73 Å². The van der Waals surface area contributed by atoms with Gasteiger partial charge in [-0.3, -0.25) is 9.59 Å². The first-order valence-corrected chi connectivity index (χ1v) is 7.43. The number of aliphatic carboxylic acids is 1. The van der Waals surface area contributed by atoms with Crippen molar-refractivity contribution in [2.75, 3.05) is 19.7 Å². The van der Waals surface area contributed by atoms with Crippen LogP contribution in [-0.2, 0) is 14.3 Å². The van der Waals surface area contributed by atoms with Gasteiger partial charge in [0.1, 0.15) is 0 Å². The Kier molecular flexibility index (Phi) is 4.99. The van der Waals surface area contributed by atoms with Gasteiger partial charge in [0, 0.05) is 13.1 Å². The highest BCUT2D eigenvalue weighted by molar-refractivity contribution is 5.86. The molecule has 1 aliphatic carbocycles. The second-order valence-corrected chi connectivity index (χ2v) is 5.87. The Hall–Kier alpha value is -1.14. The maximum absolute atomic E-state index is 12.4. The van der Waals surface area contributed by atoms with E-state index in [4.69, 9.17) is 15.6 Å². The van der Waals surface area contributed by atoms with E-state index in [1.165, 1.54) is 0 Å². The lowest BCUT2D eigenvalue weighted by molar-refractivity contribution is -0.140. The first-order valence-electron chi connectivity index (χ1n) is 7.43. The summed E-state index contributed by atoms with van der Waals surface area (Å²) in [6.07, 6.45) is 5.29. The van der Waals surface area contributed by atoms with E-state index in [0.29, 0.717) is 13.1 Å². The summed E-state index contributed by atoms with van der Waals surface area (Å²) in [5.41, 5.74) is 5.55. The van der Waals surface area contributed by atoms with E-state index in [2.05, 4.69) is 0 Å². The van der Waals surface area contributed by atoms with Gasteiger partial charge >= 0.3 is 5.97 Å². The number of nitrogens with zero attached hydrogens (tertiary/aromatic N) is 1. The molecule has 1 heterocycles. The molecule has 1 saturated heterocycles. The Morgan fingerprint density at radius 1 is 1.25 bits per heavy atom. The molecule has 0 bridgehead atoms. The third-order valence-corrected chi connectivity index (χ3v) is 4.32. The summed E-state index contributed by atoms with van der Waals surface area (Å²) in [6.45, 7) is 1.57. The molecule has 0 unspecified atom stereocenters. The van der Waals surface area contributed by atoms with E-state index in [-0.39, 0.29) is 25.0 Å². The fourth-order valence-electron chi connectivity index (χ4n) is 3.07. The lowest BCUT2D eigenvalue weighted by Crippen LogP contribution is -2.55. The van der Waals surface area contributed by atoms with Crippen LogP contribution in [0.15, 0.2) is 0 Å². The monoisotopic (exact) mass is 284 g/mol. The number of nitrogens with two attached hydrogens (primary N) is 1. The number of ether oxygens (including phenoxy) is 1. The van der Waals surface area contributed by atoms with Gasteiger partial charge in [-0.2, -0.15) is 0 Å². The van der Waals surface area contributed by atoms with Crippen LogP contribution in [0.25, 0.3) is 0 Å². The quantitative estimate of drug-likeness (QED) is 0.776. The molecule has 1 saturated carbocycles. The normalized spacial score (nSPS) is 22.9. The number of rotatable bonds is 5. The molecular weight excluding hydrogens is 260 g/mol. The minimum absolute atomic E-state index is 0.0328. The Morgan fingerprint density at radius 2 is 1.85 bits per heavy atom. The van der Waals surface area contributed by atoms with Gasteiger partial charge in [0.2, 0.25) is 5.91 Å². The molecule has 114 valence electrons. The zero-order chi connectivity index (χ0) is 14.6. The summed E-state index contributed by atoms with van der Waals surface area (Å²) in [4.78, 5) is 24.7. The number of likely N-dealkylation sites (tertiary alicyclic amines) is 1. The number of amides is 1. The van der Waals surface area contributed by atoms with Gasteiger partial charge in [0.15, 0.2) is 0 Å². The SMILES string of the molecule is NC1(C(=O)N2CCC(OCCC(=O)O)CC2)CCCC1. The molecule has 1 amide bonds. The number of carboxylic acid groups (broad SMARTS) is 1. The van der Waals surface area contributed by atoms with Crippen LogP contribution in [0.2, 0.25) is 0 Å². The van der Waals surface area contributed by atoms with Crippen LogP contribution in [0, 0.1) is 0 Å². The third kappa shape index (κ3) is 3.70. The van der Waals surface area contributed by atoms with Crippen molar-refractivity contribution in [2.24, 2.45) is 5.73 Å². The van der Waals surface area contributed by atoms with E-state index >= 15 is 0 Å². The molecule has 2 rings (SSSR count). The van der Waals surface area contributed by atoms with Gasteiger partial charge in [-0.05, 0) is 25.7 Å². The van der Waals surface area contributed by atoms with Crippen molar-refractivity contribution in [3.8, 4) is 0 Å². The van der Waals surface area contributed by atoms with E-state index in [1.54, 1.807) is 0 Å². The molecule has 0 aromatic rings. The second kappa shape index (κ2) is 6.54. The summed E-state index contributed by atoms with van der Waals surface area (Å²) in [7, 11) is 0. The number of carbonyl (C=O) groups is 2. The number of piperidine rings is 1. The predicted molar refractivity (Wildman–Crippen MR) is 73.2 cm³/mol. The number of carbonyl (C=O) groups excluding carboxylic acids is 1. The fourth-order valence-corrected chi connectivity index (χ4v) is 3.07. The van der Waals surface area contributed by atoms with Crippen molar-refractivity contribution in [1.82, 2.24) is 4.90 Å². The van der Waals surface area contributed by atoms with Crippen LogP contribution in [0.1, 0.15) is 44.9 Å². The standard InChI is InChI=1S/C14H24N2O4/c15-14(6-1-2-7-14)13(19)16-8-3-11(4-9-16)20-10-5-12(17)18/h11H,1-10,15H2,(H,17,18). The number of hydrogen-bond acceptors (Lipinski definition) is 4. The first-order chi connectivity index (χ1) is 9.51. The molecule has 0 spiro atoms. The molecule has 0 radical (unpaired) electrons. The van der Waals surface area contributed by atoms with E-state index < -0.39 is 11.5 Å². The van der Waals surface area contributed by atoms with Crippen LogP contribution in [-0.4, -0.2) is 53.2 Å². The summed E-state index contributed by atoms with van der Waals surface area (Å²) in [6, 6.07) is 0. The van der Waals surface area contributed by atoms with E-state index in [0.717, 1.165) is 38.5 Å². The van der Waals surface area contributed by atoms with Crippen molar-refractivity contribution in [2.45, 2.75) is 56.6 Å². The third-order valence-electron chi connectivity index (χ3n) is 4.32. The molecule has 0 aromatic carbocycles. The topological polar surface area (TPSA) is 92.9 Å². The van der Waals surface area contributed by atoms with E-state index in [1.807, 2.05) is 4.90 Å². The van der Waals surface area contributed by atoms with Crippen LogP contribution >= 0.6 is 0 Å². The number of hydrogen-bond donors (Lipinski definition) is 2. The molecule has 0 atom stereocenters. The summed E-state index contributed by atoms with van der Waals surface area (Å²) in [5, 5.41) is 8.56. The molecule has 3 N–H and O–H groups in total. The van der Waals surface area contributed by atoms with Crippen molar-refractivity contribution < 1.29 is 19.4 Å². The minimum atomic E-state index is -0.844. The Morgan fingerprint density at radius 3 is 2.40 bits per heavy atom. The zero-order valence-corrected chi connectivity index (χ0v) is 11.8. The lowest BCUT2D eigenvalue weighted by atomic mass is 9.95. The average Bonchev–Trinajstić information content (AvgIpc) is 2.86. The van der Waals surface area contributed by atoms with Gasteiger partial charge in [-0.25, -0.2) is 0 Å². The Balaban J connectivity index is 1.73. The molecule has 2 aliphatic rings. The highest BCUT2D eigenvalue weighted by atomic mass is 16.5. The van der Waals surface area contributed by atoms with Gasteiger partial charge in [0.05, 0.1) is 24.7 Å². The van der Waals surface area contributed by atoms with Crippen molar-refractivity contribution in [3.05, 3.63) is 0 Å². The van der Waals surface area contributed by atoms with Crippen molar-refractivity contribution >= 4 is 11.9 Å². The van der Waals surface area contributed by atoms with Crippen molar-refractivity contribution in [3.63, 3.8) is 0 Å². The predicted octanol–water partition coefficient (Wildman–Crippen LogP) is 0.740. The lowest BCUT2D eigenvalue weighted by Gasteiger charge is -2.36. The molecule has 6 heteroatoms. The number of carboxylic acids is 1. The fraction of sp³-hybridized carbons (Fsp3) is 0.857. The highest BCUT2D eigenvalue weighted by Crippen LogP contribution is 2.30. The molecule has 0 aromatic heterocycles. The van der Waals surface area contributed by atoms with Crippen LogP contribution in [0.4, 0.5) is 0 Å². The largest absolute Gasteiger partial charge is 0.481 e. The minimum Gasteiger partial charge on any atom is -0.481 e. The van der Waals surface area contributed by atoms with E-state index in [9.17, 15) is 9.59 Å². The molecule has 2 fully saturated rings. The van der Waals surface area contributed by atoms with Gasteiger partial charge < -0.3 is 20.5 Å². The summed E-state index contributed by atoms with van der Waals surface area (Å²) in [5.74, 6) is -0.761. The van der Waals surface area contributed by atoms with Gasteiger partial charge in [-0.1, -0.05) is 12.8 Å². The molecule has 6 nitrogen and oxygen atoms in total. The summed E-state index contributed by atoms with van der Waals surface area (Å²) >= 11 is 0. The Labute approximate surface area is 119 Å². The van der Waals surface area contributed by atoms with Crippen molar-refractivity contribution in [1.29, 1.82) is 0 Å². The maximum Gasteiger partial charge on any atom is 0.305 e. The van der Waals surface area contributed by atoms with Crippen LogP contribution in [0.3, 0.4) is 0 Å². The first kappa shape index (κ1) is 15.3.